The van der Waals surface area contributed by atoms with Gasteiger partial charge in [-0.15, -0.1) is 0 Å². The molecule has 1 aliphatic heterocycles. The molecule has 0 aromatic heterocycles. The molecular formula is C41H47N2O8P. The van der Waals surface area contributed by atoms with Gasteiger partial charge in [-0.2, -0.15) is 0 Å². The number of nitrogens with zero attached hydrogens (tertiary/aromatic N) is 1. The fourth-order valence-electron chi connectivity index (χ4n) is 5.93. The van der Waals surface area contributed by atoms with Crippen molar-refractivity contribution in [3.05, 3.63) is 144 Å². The number of ether oxygens (including phenoxy) is 2. The number of hydrogen-bond acceptors (Lipinski definition) is 8. The lowest BCUT2D eigenvalue weighted by atomic mass is 10.1. The summed E-state index contributed by atoms with van der Waals surface area (Å²) in [5.74, 6) is -0.920. The second-order valence-electron chi connectivity index (χ2n) is 12.7. The number of likely N-dealkylation sites (tertiary alicyclic amines) is 1. The van der Waals surface area contributed by atoms with Crippen molar-refractivity contribution in [3.8, 4) is 0 Å². The molecule has 10 nitrogen and oxygen atoms in total. The second-order valence-corrected chi connectivity index (χ2v) is 14.8. The number of carbonyl (C=O) groups excluding carboxylic acids is 3. The summed E-state index contributed by atoms with van der Waals surface area (Å²) in [6.45, 7) is 0.950. The summed E-state index contributed by atoms with van der Waals surface area (Å²) in [6.07, 6.45) is 1.04. The molecule has 1 N–H and O–H groups in total. The maximum Gasteiger partial charge on any atom is 0.407 e. The number of benzene rings is 4. The maximum absolute atomic E-state index is 14.6. The number of alkyl carbamates (subject to hydrolysis) is 1. The molecule has 0 spiro atoms. The highest BCUT2D eigenvalue weighted by Gasteiger charge is 2.41. The molecular weight excluding hydrogens is 679 g/mol. The van der Waals surface area contributed by atoms with Gasteiger partial charge in [-0.3, -0.25) is 13.9 Å². The SMILES string of the molecule is O=C(NCCCC[C@H](OP(=O)(CCc1ccccc1)OCc1ccccc1)C(=O)N1CCC[C@H]1C(=O)OCc1ccccc1)OCc1ccccc1. The van der Waals surface area contributed by atoms with Gasteiger partial charge in [0.2, 0.25) is 0 Å². The van der Waals surface area contributed by atoms with Crippen LogP contribution >= 0.6 is 7.60 Å². The van der Waals surface area contributed by atoms with Crippen molar-refractivity contribution < 1.29 is 37.5 Å². The van der Waals surface area contributed by atoms with E-state index in [2.05, 4.69) is 5.32 Å². The lowest BCUT2D eigenvalue weighted by Crippen LogP contribution is -2.46. The highest BCUT2D eigenvalue weighted by Crippen LogP contribution is 2.51. The molecule has 1 heterocycles. The summed E-state index contributed by atoms with van der Waals surface area (Å²) in [5, 5.41) is 2.75. The minimum absolute atomic E-state index is 0.0426. The highest BCUT2D eigenvalue weighted by molar-refractivity contribution is 7.53. The summed E-state index contributed by atoms with van der Waals surface area (Å²) in [6, 6.07) is 37.0. The standard InChI is InChI=1S/C41H47N2O8P/c44-39(43-28-15-24-37(43)40(45)48-30-34-18-7-2-8-19-34)38(25-13-14-27-42-41(46)49-31-35-20-9-3-10-21-35)51-52(47,29-26-33-16-5-1-6-17-33)50-32-36-22-11-4-12-23-36/h1-12,16-23,37-38H,13-15,24-32H2,(H,42,46)/t37-,38-,52?/m0/s1. The minimum Gasteiger partial charge on any atom is -0.459 e. The quantitative estimate of drug-likeness (QED) is 0.0590. The molecule has 0 radical (unpaired) electrons. The molecule has 1 saturated heterocycles. The van der Waals surface area contributed by atoms with Gasteiger partial charge in [0.25, 0.3) is 5.91 Å². The van der Waals surface area contributed by atoms with Crippen LogP contribution in [0.2, 0.25) is 0 Å². The third-order valence-electron chi connectivity index (χ3n) is 8.76. The van der Waals surface area contributed by atoms with Crippen molar-refractivity contribution in [2.45, 2.75) is 70.5 Å². The van der Waals surface area contributed by atoms with Gasteiger partial charge in [0, 0.05) is 13.1 Å². The first-order valence-electron chi connectivity index (χ1n) is 17.8. The normalized spacial score (nSPS) is 15.7. The van der Waals surface area contributed by atoms with Crippen LogP contribution in [0.25, 0.3) is 0 Å². The number of unbranched alkanes of at least 4 members (excludes halogenated alkanes) is 1. The summed E-state index contributed by atoms with van der Waals surface area (Å²) >= 11 is 0. The molecule has 1 unspecified atom stereocenters. The molecule has 4 aromatic rings. The number of nitrogens with one attached hydrogen (secondary N) is 1. The topological polar surface area (TPSA) is 120 Å². The van der Waals surface area contributed by atoms with Crippen molar-refractivity contribution in [2.75, 3.05) is 19.3 Å². The molecule has 2 amide bonds. The van der Waals surface area contributed by atoms with Gasteiger partial charge in [0.05, 0.1) is 12.8 Å². The average molecular weight is 727 g/mol. The first-order chi connectivity index (χ1) is 25.4. The van der Waals surface area contributed by atoms with E-state index >= 15 is 0 Å². The first kappa shape index (κ1) is 38.5. The van der Waals surface area contributed by atoms with Gasteiger partial charge in [-0.05, 0) is 60.8 Å². The smallest absolute Gasteiger partial charge is 0.407 e. The van der Waals surface area contributed by atoms with Crippen LogP contribution in [0.5, 0.6) is 0 Å². The molecule has 0 saturated carbocycles. The van der Waals surface area contributed by atoms with E-state index in [4.69, 9.17) is 18.5 Å². The van der Waals surface area contributed by atoms with Crippen LogP contribution in [0.3, 0.4) is 0 Å². The monoisotopic (exact) mass is 726 g/mol. The van der Waals surface area contributed by atoms with Gasteiger partial charge < -0.3 is 24.2 Å². The fourth-order valence-corrected chi connectivity index (χ4v) is 7.68. The molecule has 4 aromatic carbocycles. The molecule has 274 valence electrons. The molecule has 11 heteroatoms. The van der Waals surface area contributed by atoms with E-state index in [9.17, 15) is 18.9 Å². The Labute approximate surface area is 306 Å². The molecule has 3 atom stereocenters. The molecule has 5 rings (SSSR count). The van der Waals surface area contributed by atoms with Gasteiger partial charge in [-0.1, -0.05) is 121 Å². The van der Waals surface area contributed by atoms with Crippen LogP contribution in [-0.4, -0.2) is 54.3 Å². The number of carbonyl (C=O) groups is 3. The van der Waals surface area contributed by atoms with Crippen LogP contribution in [0.4, 0.5) is 4.79 Å². The highest BCUT2D eigenvalue weighted by atomic mass is 31.2. The minimum atomic E-state index is -3.86. The number of rotatable bonds is 19. The number of hydrogen-bond donors (Lipinski definition) is 1. The Bertz CT molecular complexity index is 1680. The van der Waals surface area contributed by atoms with E-state index in [1.807, 2.05) is 121 Å². The van der Waals surface area contributed by atoms with Crippen molar-refractivity contribution in [1.82, 2.24) is 10.2 Å². The van der Waals surface area contributed by atoms with Crippen LogP contribution in [0.15, 0.2) is 121 Å². The van der Waals surface area contributed by atoms with Crippen molar-refractivity contribution in [3.63, 3.8) is 0 Å². The Kier molecular flexibility index (Phi) is 15.0. The Balaban J connectivity index is 1.26. The zero-order chi connectivity index (χ0) is 36.4. The van der Waals surface area contributed by atoms with E-state index < -0.39 is 37.7 Å². The number of esters is 1. The predicted molar refractivity (Wildman–Crippen MR) is 198 cm³/mol. The van der Waals surface area contributed by atoms with Crippen molar-refractivity contribution in [2.24, 2.45) is 0 Å². The molecule has 1 fully saturated rings. The third-order valence-corrected chi connectivity index (χ3v) is 10.6. The van der Waals surface area contributed by atoms with Crippen LogP contribution < -0.4 is 5.32 Å². The van der Waals surface area contributed by atoms with Gasteiger partial charge >= 0.3 is 19.7 Å². The van der Waals surface area contributed by atoms with E-state index in [1.165, 1.54) is 4.90 Å². The van der Waals surface area contributed by atoms with Crippen LogP contribution in [0, 0.1) is 0 Å². The average Bonchev–Trinajstić information content (AvgIpc) is 3.69. The molecule has 0 bridgehead atoms. The predicted octanol–water partition coefficient (Wildman–Crippen LogP) is 7.86. The summed E-state index contributed by atoms with van der Waals surface area (Å²) in [4.78, 5) is 41.3. The number of aryl methyl sites for hydroxylation is 1. The maximum atomic E-state index is 14.6. The van der Waals surface area contributed by atoms with Gasteiger partial charge in [0.15, 0.2) is 0 Å². The van der Waals surface area contributed by atoms with Gasteiger partial charge in [0.1, 0.15) is 25.4 Å². The largest absolute Gasteiger partial charge is 0.459 e. The summed E-state index contributed by atoms with van der Waals surface area (Å²) < 4.78 is 37.8. The Morgan fingerprint density at radius 2 is 1.25 bits per heavy atom. The first-order valence-corrected chi connectivity index (χ1v) is 19.6. The Morgan fingerprint density at radius 1 is 0.712 bits per heavy atom. The Morgan fingerprint density at radius 3 is 1.85 bits per heavy atom. The van der Waals surface area contributed by atoms with Crippen LogP contribution in [0.1, 0.15) is 54.4 Å². The van der Waals surface area contributed by atoms with Crippen molar-refractivity contribution in [1.29, 1.82) is 0 Å². The zero-order valence-electron chi connectivity index (χ0n) is 29.3. The molecule has 52 heavy (non-hydrogen) atoms. The third kappa shape index (κ3) is 12.5. The summed E-state index contributed by atoms with van der Waals surface area (Å²) in [7, 11) is -3.86. The fraction of sp³-hybridized carbons (Fsp3) is 0.341. The molecule has 1 aliphatic rings. The lowest BCUT2D eigenvalue weighted by Gasteiger charge is -2.30. The Hall–Kier alpha value is -4.76. The summed E-state index contributed by atoms with van der Waals surface area (Å²) in [5.41, 5.74) is 3.51. The lowest BCUT2D eigenvalue weighted by molar-refractivity contribution is -0.156. The number of amides is 2. The molecule has 0 aliphatic carbocycles. The van der Waals surface area contributed by atoms with Crippen molar-refractivity contribution >= 4 is 25.6 Å². The van der Waals surface area contributed by atoms with E-state index in [-0.39, 0.29) is 32.4 Å². The zero-order valence-corrected chi connectivity index (χ0v) is 30.2. The van der Waals surface area contributed by atoms with E-state index in [0.717, 1.165) is 22.3 Å². The van der Waals surface area contributed by atoms with Crippen LogP contribution in [-0.2, 0) is 58.9 Å². The van der Waals surface area contributed by atoms with E-state index in [0.29, 0.717) is 45.2 Å². The van der Waals surface area contributed by atoms with Gasteiger partial charge in [-0.25, -0.2) is 9.59 Å². The van der Waals surface area contributed by atoms with E-state index in [1.54, 1.807) is 0 Å². The second kappa shape index (κ2) is 20.3.